The maximum atomic E-state index is 12.8. The van der Waals surface area contributed by atoms with Crippen LogP contribution >= 0.6 is 0 Å². The molecule has 0 spiro atoms. The van der Waals surface area contributed by atoms with Crippen molar-refractivity contribution in [1.82, 2.24) is 19.5 Å². The average molecular weight is 397 g/mol. The minimum Gasteiger partial charge on any atom is -0.293 e. The zero-order chi connectivity index (χ0) is 20.5. The molecular formula is C18H15N5O4S. The molecule has 2 N–H and O–H groups in total. The van der Waals surface area contributed by atoms with Gasteiger partial charge in [0, 0.05) is 18.8 Å². The Morgan fingerprint density at radius 3 is 2.43 bits per heavy atom. The monoisotopic (exact) mass is 397 g/mol. The highest BCUT2D eigenvalue weighted by molar-refractivity contribution is 7.90. The van der Waals surface area contributed by atoms with E-state index in [1.54, 1.807) is 31.2 Å². The van der Waals surface area contributed by atoms with Crippen LogP contribution in [0.4, 0.5) is 5.69 Å². The topological polar surface area (TPSA) is 118 Å². The summed E-state index contributed by atoms with van der Waals surface area (Å²) < 4.78 is 27.0. The van der Waals surface area contributed by atoms with Gasteiger partial charge in [-0.25, -0.2) is 27.7 Å². The summed E-state index contributed by atoms with van der Waals surface area (Å²) in [6.45, 7) is 9.81. The Bertz CT molecular complexity index is 1250. The second kappa shape index (κ2) is 7.13. The summed E-state index contributed by atoms with van der Waals surface area (Å²) in [5.74, 6) is -0.520. The summed E-state index contributed by atoms with van der Waals surface area (Å²) in [5, 5.41) is 2.91. The molecule has 0 bridgehead atoms. The molecule has 3 aromatic rings. The summed E-state index contributed by atoms with van der Waals surface area (Å²) in [7, 11) is -4.01. The fourth-order valence-electron chi connectivity index (χ4n) is 2.66. The van der Waals surface area contributed by atoms with Crippen molar-refractivity contribution in [2.75, 3.05) is 0 Å². The number of hydrogen-bond donors (Lipinski definition) is 2. The fraction of sp³-hybridized carbons (Fsp3) is 0.111. The zero-order valence-corrected chi connectivity index (χ0v) is 15.7. The van der Waals surface area contributed by atoms with Crippen molar-refractivity contribution in [3.05, 3.63) is 70.1 Å². The number of aromatic nitrogens is 3. The lowest BCUT2D eigenvalue weighted by Crippen LogP contribution is -2.28. The first-order valence-corrected chi connectivity index (χ1v) is 9.50. The Kier molecular flexibility index (Phi) is 4.85. The Labute approximate surface area is 160 Å². The van der Waals surface area contributed by atoms with Gasteiger partial charge in [0.1, 0.15) is 4.90 Å². The Hall–Kier alpha value is -3.71. The van der Waals surface area contributed by atoms with E-state index in [-0.39, 0.29) is 16.3 Å². The summed E-state index contributed by atoms with van der Waals surface area (Å²) in [5.41, 5.74) is 1.77. The predicted molar refractivity (Wildman–Crippen MR) is 102 cm³/mol. The van der Waals surface area contributed by atoms with Crippen LogP contribution < -0.4 is 10.3 Å². The normalized spacial score (nSPS) is 11.0. The number of aromatic amines is 1. The van der Waals surface area contributed by atoms with Gasteiger partial charge in [0.2, 0.25) is 5.91 Å². The first-order valence-electron chi connectivity index (χ1n) is 8.02. The standard InChI is InChI=1S/C18H15N5O4S/c1-11-17(13-4-6-14(19-3)7-5-13)18(25)23(21-11)16-9-8-15(10-20-16)28(26,27)22-12(2)24/h4-10,21H,1-2H3,(H,22,24). The minimum atomic E-state index is -4.01. The maximum absolute atomic E-state index is 12.8. The molecule has 0 aliphatic heterocycles. The third-order valence-corrected chi connectivity index (χ3v) is 5.31. The van der Waals surface area contributed by atoms with Gasteiger partial charge >= 0.3 is 0 Å². The van der Waals surface area contributed by atoms with Gasteiger partial charge in [-0.3, -0.25) is 14.7 Å². The van der Waals surface area contributed by atoms with Gasteiger partial charge in [-0.1, -0.05) is 24.3 Å². The van der Waals surface area contributed by atoms with Gasteiger partial charge in [0.05, 0.1) is 12.1 Å². The van der Waals surface area contributed by atoms with Crippen molar-refractivity contribution in [3.8, 4) is 16.9 Å². The van der Waals surface area contributed by atoms with E-state index >= 15 is 0 Å². The molecule has 3 rings (SSSR count). The van der Waals surface area contributed by atoms with E-state index in [0.29, 0.717) is 22.5 Å². The highest BCUT2D eigenvalue weighted by atomic mass is 32.2. The third-order valence-electron chi connectivity index (χ3n) is 3.89. The Balaban J connectivity index is 2.00. The molecule has 28 heavy (non-hydrogen) atoms. The molecule has 0 aliphatic rings. The molecule has 1 amide bonds. The SMILES string of the molecule is [C-]#[N+]c1ccc(-c2c(C)[nH]n(-c3ccc(S(=O)(=O)NC(C)=O)cn3)c2=O)cc1. The van der Waals surface area contributed by atoms with Gasteiger partial charge in [-0.15, -0.1) is 0 Å². The molecule has 142 valence electrons. The number of nitrogens with one attached hydrogen (secondary N) is 2. The highest BCUT2D eigenvalue weighted by Gasteiger charge is 2.18. The lowest BCUT2D eigenvalue weighted by Gasteiger charge is -2.05. The van der Waals surface area contributed by atoms with Crippen LogP contribution in [0.15, 0.2) is 52.3 Å². The van der Waals surface area contributed by atoms with Crippen LogP contribution in [0.5, 0.6) is 0 Å². The van der Waals surface area contributed by atoms with Gasteiger partial charge < -0.3 is 0 Å². The molecule has 0 saturated carbocycles. The largest absolute Gasteiger partial charge is 0.293 e. The molecule has 0 unspecified atom stereocenters. The fourth-order valence-corrected chi connectivity index (χ4v) is 3.60. The minimum absolute atomic E-state index is 0.193. The summed E-state index contributed by atoms with van der Waals surface area (Å²) in [6.07, 6.45) is 1.06. The number of hydrogen-bond acceptors (Lipinski definition) is 5. The second-order valence-corrected chi connectivity index (χ2v) is 7.61. The van der Waals surface area contributed by atoms with E-state index in [1.165, 1.54) is 16.8 Å². The lowest BCUT2D eigenvalue weighted by atomic mass is 10.1. The highest BCUT2D eigenvalue weighted by Crippen LogP contribution is 2.23. The van der Waals surface area contributed by atoms with Crippen molar-refractivity contribution in [2.45, 2.75) is 18.7 Å². The number of H-pyrrole nitrogens is 1. The van der Waals surface area contributed by atoms with E-state index in [9.17, 15) is 18.0 Å². The van der Waals surface area contributed by atoms with Gasteiger partial charge in [-0.05, 0) is 24.6 Å². The van der Waals surface area contributed by atoms with Gasteiger partial charge in [-0.2, -0.15) is 0 Å². The number of carbonyl (C=O) groups excluding carboxylic acids is 1. The summed E-state index contributed by atoms with van der Waals surface area (Å²) in [6, 6.07) is 9.23. The van der Waals surface area contributed by atoms with Crippen LogP contribution in [0.2, 0.25) is 0 Å². The van der Waals surface area contributed by atoms with E-state index in [0.717, 1.165) is 13.1 Å². The predicted octanol–water partition coefficient (Wildman–Crippen LogP) is 1.91. The summed E-state index contributed by atoms with van der Waals surface area (Å²) >= 11 is 0. The van der Waals surface area contributed by atoms with E-state index in [1.807, 2.05) is 4.72 Å². The van der Waals surface area contributed by atoms with Crippen molar-refractivity contribution in [1.29, 1.82) is 0 Å². The molecule has 10 heteroatoms. The molecule has 0 radical (unpaired) electrons. The van der Waals surface area contributed by atoms with E-state index in [4.69, 9.17) is 6.57 Å². The maximum Gasteiger partial charge on any atom is 0.280 e. The molecule has 9 nitrogen and oxygen atoms in total. The molecule has 2 heterocycles. The number of amides is 1. The second-order valence-electron chi connectivity index (χ2n) is 5.92. The quantitative estimate of drug-likeness (QED) is 0.652. The number of carbonyl (C=O) groups is 1. The lowest BCUT2D eigenvalue weighted by molar-refractivity contribution is -0.117. The third kappa shape index (κ3) is 3.56. The first kappa shape index (κ1) is 19.1. The van der Waals surface area contributed by atoms with E-state index in [2.05, 4.69) is 14.9 Å². The Morgan fingerprint density at radius 1 is 1.21 bits per heavy atom. The van der Waals surface area contributed by atoms with Crippen molar-refractivity contribution in [3.63, 3.8) is 0 Å². The van der Waals surface area contributed by atoms with Crippen LogP contribution in [-0.4, -0.2) is 29.1 Å². The number of pyridine rings is 1. The van der Waals surface area contributed by atoms with Crippen LogP contribution in [0.1, 0.15) is 12.6 Å². The first-order chi connectivity index (χ1) is 13.2. The number of sulfonamides is 1. The van der Waals surface area contributed by atoms with Crippen LogP contribution in [0.25, 0.3) is 21.8 Å². The molecule has 0 atom stereocenters. The average Bonchev–Trinajstić information content (AvgIpc) is 2.95. The van der Waals surface area contributed by atoms with Crippen molar-refractivity contribution < 1.29 is 13.2 Å². The molecule has 0 aliphatic carbocycles. The number of aryl methyl sites for hydroxylation is 1. The van der Waals surface area contributed by atoms with Gasteiger partial charge in [0.15, 0.2) is 11.5 Å². The molecular weight excluding hydrogens is 382 g/mol. The summed E-state index contributed by atoms with van der Waals surface area (Å²) in [4.78, 5) is 31.0. The molecule has 0 fully saturated rings. The number of benzene rings is 1. The van der Waals surface area contributed by atoms with Crippen LogP contribution in [0, 0.1) is 13.5 Å². The molecule has 0 saturated heterocycles. The van der Waals surface area contributed by atoms with Gasteiger partial charge in [0.25, 0.3) is 15.6 Å². The van der Waals surface area contributed by atoms with Crippen molar-refractivity contribution in [2.24, 2.45) is 0 Å². The van der Waals surface area contributed by atoms with E-state index < -0.39 is 15.9 Å². The van der Waals surface area contributed by atoms with Crippen LogP contribution in [-0.2, 0) is 14.8 Å². The number of rotatable bonds is 4. The smallest absolute Gasteiger partial charge is 0.280 e. The van der Waals surface area contributed by atoms with Crippen LogP contribution in [0.3, 0.4) is 0 Å². The molecule has 1 aromatic carbocycles. The Morgan fingerprint density at radius 2 is 1.89 bits per heavy atom. The zero-order valence-electron chi connectivity index (χ0n) is 14.9. The molecule has 2 aromatic heterocycles. The van der Waals surface area contributed by atoms with Crippen molar-refractivity contribution >= 4 is 21.6 Å². The number of nitrogens with zero attached hydrogens (tertiary/aromatic N) is 3.